The molecule has 0 spiro atoms. The van der Waals surface area contributed by atoms with E-state index in [9.17, 15) is 4.79 Å². The van der Waals surface area contributed by atoms with Crippen LogP contribution in [-0.4, -0.2) is 47.9 Å². The lowest BCUT2D eigenvalue weighted by Crippen LogP contribution is -2.56. The van der Waals surface area contributed by atoms with E-state index in [4.69, 9.17) is 10.2 Å². The summed E-state index contributed by atoms with van der Waals surface area (Å²) in [6.07, 6.45) is 2.71. The number of carbonyl (C=O) groups is 1. The Bertz CT molecular complexity index is 693. The van der Waals surface area contributed by atoms with Gasteiger partial charge in [0, 0.05) is 44.0 Å². The Balaban J connectivity index is 1.43. The van der Waals surface area contributed by atoms with Crippen LogP contribution in [0.1, 0.15) is 25.0 Å². The molecule has 0 bridgehead atoms. The molecule has 2 N–H and O–H groups in total. The van der Waals surface area contributed by atoms with Crippen molar-refractivity contribution in [3.63, 3.8) is 0 Å². The zero-order chi connectivity index (χ0) is 16.5. The van der Waals surface area contributed by atoms with Gasteiger partial charge in [-0.15, -0.1) is 0 Å². The van der Waals surface area contributed by atoms with Crippen LogP contribution in [0.5, 0.6) is 0 Å². The molecular formula is C19H25N3O2. The molecule has 2 aliphatic heterocycles. The monoisotopic (exact) mass is 327 g/mol. The van der Waals surface area contributed by atoms with Gasteiger partial charge in [0.05, 0.1) is 6.54 Å². The second kappa shape index (κ2) is 6.57. The van der Waals surface area contributed by atoms with Gasteiger partial charge in [0.15, 0.2) is 0 Å². The molecule has 2 aromatic rings. The first kappa shape index (κ1) is 15.7. The molecule has 1 aromatic heterocycles. The van der Waals surface area contributed by atoms with Crippen LogP contribution in [0.15, 0.2) is 34.7 Å². The molecule has 128 valence electrons. The van der Waals surface area contributed by atoms with Crippen LogP contribution in [0, 0.1) is 5.92 Å². The van der Waals surface area contributed by atoms with Crippen molar-refractivity contribution in [1.82, 2.24) is 9.80 Å². The third kappa shape index (κ3) is 2.94. The van der Waals surface area contributed by atoms with Crippen LogP contribution in [0.4, 0.5) is 0 Å². The van der Waals surface area contributed by atoms with Gasteiger partial charge in [-0.2, -0.15) is 0 Å². The van der Waals surface area contributed by atoms with Gasteiger partial charge in [0.1, 0.15) is 11.3 Å². The molecule has 3 heterocycles. The van der Waals surface area contributed by atoms with Crippen molar-refractivity contribution >= 4 is 16.9 Å². The van der Waals surface area contributed by atoms with E-state index in [1.54, 1.807) is 0 Å². The average molecular weight is 327 g/mol. The maximum Gasteiger partial charge on any atom is 0.222 e. The number of carbonyl (C=O) groups excluding carboxylic acids is 1. The summed E-state index contributed by atoms with van der Waals surface area (Å²) in [4.78, 5) is 16.7. The smallest absolute Gasteiger partial charge is 0.222 e. The van der Waals surface area contributed by atoms with Gasteiger partial charge >= 0.3 is 0 Å². The molecule has 24 heavy (non-hydrogen) atoms. The summed E-state index contributed by atoms with van der Waals surface area (Å²) in [5.41, 5.74) is 6.65. The predicted molar refractivity (Wildman–Crippen MR) is 93.4 cm³/mol. The van der Waals surface area contributed by atoms with Gasteiger partial charge in [-0.25, -0.2) is 0 Å². The Hall–Kier alpha value is -1.85. The average Bonchev–Trinajstić information content (AvgIpc) is 3.00. The lowest BCUT2D eigenvalue weighted by atomic mass is 9.83. The zero-order valence-corrected chi connectivity index (χ0v) is 14.0. The minimum absolute atomic E-state index is 0.285. The van der Waals surface area contributed by atoms with Crippen LogP contribution >= 0.6 is 0 Å². The molecule has 2 atom stereocenters. The van der Waals surface area contributed by atoms with E-state index < -0.39 is 0 Å². The maximum atomic E-state index is 12.2. The Kier molecular flexibility index (Phi) is 4.29. The molecule has 5 nitrogen and oxygen atoms in total. The molecule has 0 radical (unpaired) electrons. The molecule has 2 fully saturated rings. The standard InChI is InChI=1S/C19H25N3O2/c20-8-10-22-17-7-9-21(12-15(17)5-6-19(22)23)13-16-11-14-3-1-2-4-18(14)24-16/h1-4,11,15,17H,5-10,12-13,20H2/t15-,17+/m0/s1. The first-order chi connectivity index (χ1) is 11.7. The summed E-state index contributed by atoms with van der Waals surface area (Å²) >= 11 is 0. The third-order valence-electron chi connectivity index (χ3n) is 5.45. The minimum Gasteiger partial charge on any atom is -0.460 e. The number of rotatable bonds is 4. The number of furan rings is 1. The number of para-hydroxylation sites is 1. The molecule has 0 unspecified atom stereocenters. The number of benzene rings is 1. The summed E-state index contributed by atoms with van der Waals surface area (Å²) in [6.45, 7) is 4.15. The van der Waals surface area contributed by atoms with Gasteiger partial charge < -0.3 is 15.1 Å². The SMILES string of the molecule is NCCN1C(=O)CC[C@H]2CN(Cc3cc4ccccc4o3)CC[C@H]21. The van der Waals surface area contributed by atoms with Gasteiger partial charge in [0.25, 0.3) is 0 Å². The number of amides is 1. The van der Waals surface area contributed by atoms with Crippen molar-refractivity contribution in [2.45, 2.75) is 31.8 Å². The van der Waals surface area contributed by atoms with Crippen molar-refractivity contribution in [3.8, 4) is 0 Å². The molecule has 1 amide bonds. The molecule has 2 aliphatic rings. The molecular weight excluding hydrogens is 302 g/mol. The fourth-order valence-corrected chi connectivity index (χ4v) is 4.33. The van der Waals surface area contributed by atoms with Gasteiger partial charge in [-0.1, -0.05) is 18.2 Å². The normalized spacial score (nSPS) is 25.2. The summed E-state index contributed by atoms with van der Waals surface area (Å²) < 4.78 is 5.96. The molecule has 2 saturated heterocycles. The van der Waals surface area contributed by atoms with Crippen LogP contribution in [0.25, 0.3) is 11.0 Å². The number of hydrogen-bond donors (Lipinski definition) is 1. The molecule has 1 aromatic carbocycles. The summed E-state index contributed by atoms with van der Waals surface area (Å²) in [7, 11) is 0. The summed E-state index contributed by atoms with van der Waals surface area (Å²) in [6, 6.07) is 10.7. The van der Waals surface area contributed by atoms with Gasteiger partial charge in [-0.05, 0) is 30.9 Å². The number of hydrogen-bond acceptors (Lipinski definition) is 4. The second-order valence-corrected chi connectivity index (χ2v) is 7.02. The van der Waals surface area contributed by atoms with E-state index in [0.29, 0.717) is 31.5 Å². The number of nitrogens with two attached hydrogens (primary N) is 1. The Morgan fingerprint density at radius 3 is 2.96 bits per heavy atom. The molecule has 4 rings (SSSR count). The van der Waals surface area contributed by atoms with Gasteiger partial charge in [0.2, 0.25) is 5.91 Å². The largest absolute Gasteiger partial charge is 0.460 e. The fourth-order valence-electron chi connectivity index (χ4n) is 4.33. The lowest BCUT2D eigenvalue weighted by Gasteiger charge is -2.47. The Morgan fingerprint density at radius 2 is 2.12 bits per heavy atom. The first-order valence-corrected chi connectivity index (χ1v) is 8.94. The number of piperidine rings is 2. The predicted octanol–water partition coefficient (Wildman–Crippen LogP) is 2.20. The van der Waals surface area contributed by atoms with Crippen molar-refractivity contribution in [3.05, 3.63) is 36.1 Å². The molecule has 0 saturated carbocycles. The third-order valence-corrected chi connectivity index (χ3v) is 5.45. The van der Waals surface area contributed by atoms with Crippen molar-refractivity contribution in [2.75, 3.05) is 26.2 Å². The van der Waals surface area contributed by atoms with Gasteiger partial charge in [-0.3, -0.25) is 9.69 Å². The quantitative estimate of drug-likeness (QED) is 0.935. The topological polar surface area (TPSA) is 62.7 Å². The highest BCUT2D eigenvalue weighted by atomic mass is 16.3. The van der Waals surface area contributed by atoms with E-state index in [2.05, 4.69) is 17.0 Å². The van der Waals surface area contributed by atoms with E-state index in [-0.39, 0.29) is 5.91 Å². The number of nitrogens with zero attached hydrogens (tertiary/aromatic N) is 2. The highest BCUT2D eigenvalue weighted by molar-refractivity contribution is 5.78. The summed E-state index contributed by atoms with van der Waals surface area (Å²) in [5.74, 6) is 1.88. The fraction of sp³-hybridized carbons (Fsp3) is 0.526. The minimum atomic E-state index is 0.285. The lowest BCUT2D eigenvalue weighted by molar-refractivity contribution is -0.141. The van der Waals surface area contributed by atoms with E-state index in [0.717, 1.165) is 43.8 Å². The summed E-state index contributed by atoms with van der Waals surface area (Å²) in [5, 5.41) is 1.17. The van der Waals surface area contributed by atoms with Crippen LogP contribution in [-0.2, 0) is 11.3 Å². The molecule has 0 aliphatic carbocycles. The van der Waals surface area contributed by atoms with E-state index in [1.165, 1.54) is 5.39 Å². The van der Waals surface area contributed by atoms with Crippen LogP contribution in [0.2, 0.25) is 0 Å². The highest BCUT2D eigenvalue weighted by Gasteiger charge is 2.38. The van der Waals surface area contributed by atoms with E-state index >= 15 is 0 Å². The van der Waals surface area contributed by atoms with Crippen molar-refractivity contribution in [2.24, 2.45) is 11.7 Å². The van der Waals surface area contributed by atoms with Crippen LogP contribution in [0.3, 0.4) is 0 Å². The molecule has 5 heteroatoms. The second-order valence-electron chi connectivity index (χ2n) is 7.02. The van der Waals surface area contributed by atoms with Crippen molar-refractivity contribution in [1.29, 1.82) is 0 Å². The van der Waals surface area contributed by atoms with Crippen LogP contribution < -0.4 is 5.73 Å². The van der Waals surface area contributed by atoms with E-state index in [1.807, 2.05) is 23.1 Å². The Labute approximate surface area is 142 Å². The maximum absolute atomic E-state index is 12.2. The first-order valence-electron chi connectivity index (χ1n) is 8.94. The van der Waals surface area contributed by atoms with Crippen molar-refractivity contribution < 1.29 is 9.21 Å². The number of fused-ring (bicyclic) bond motifs is 2. The Morgan fingerprint density at radius 1 is 1.25 bits per heavy atom. The zero-order valence-electron chi connectivity index (χ0n) is 14.0. The number of likely N-dealkylation sites (tertiary alicyclic amines) is 2. The highest BCUT2D eigenvalue weighted by Crippen LogP contribution is 2.32.